The summed E-state index contributed by atoms with van der Waals surface area (Å²) in [5, 5.41) is 0. The zero-order valence-electron chi connectivity index (χ0n) is 8.28. The van der Waals surface area contributed by atoms with Crippen LogP contribution >= 0.6 is 0 Å². The first-order chi connectivity index (χ1) is 5.83. The number of carbonyl (C=O) groups is 1. The molecular formula is C7H11KO5S. The minimum absolute atomic E-state index is 0. The van der Waals surface area contributed by atoms with Gasteiger partial charge in [0.25, 0.3) is 0 Å². The van der Waals surface area contributed by atoms with Gasteiger partial charge in [-0.05, 0) is 13.3 Å². The number of esters is 1. The minimum Gasteiger partial charge on any atom is -0.748 e. The molecule has 0 bridgehead atoms. The van der Waals surface area contributed by atoms with Gasteiger partial charge in [0.1, 0.15) is 0 Å². The van der Waals surface area contributed by atoms with Gasteiger partial charge in [-0.15, -0.1) is 0 Å². The molecule has 7 heteroatoms. The van der Waals surface area contributed by atoms with Gasteiger partial charge in [0.05, 0.1) is 16.7 Å². The first-order valence-corrected chi connectivity index (χ1v) is 5.17. The molecular weight excluding hydrogens is 235 g/mol. The van der Waals surface area contributed by atoms with Crippen LogP contribution in [0.4, 0.5) is 0 Å². The fraction of sp³-hybridized carbons (Fsp3) is 0.571. The third kappa shape index (κ3) is 10.8. The van der Waals surface area contributed by atoms with E-state index in [1.54, 1.807) is 0 Å². The van der Waals surface area contributed by atoms with Gasteiger partial charge >= 0.3 is 57.4 Å². The normalized spacial score (nSPS) is 10.1. The van der Waals surface area contributed by atoms with Crippen molar-refractivity contribution in [1.82, 2.24) is 0 Å². The van der Waals surface area contributed by atoms with E-state index in [1.165, 1.54) is 6.92 Å². The van der Waals surface area contributed by atoms with Crippen molar-refractivity contribution in [1.29, 1.82) is 0 Å². The maximum atomic E-state index is 10.7. The van der Waals surface area contributed by atoms with E-state index in [0.717, 1.165) is 0 Å². The number of ether oxygens (including phenoxy) is 1. The van der Waals surface area contributed by atoms with Gasteiger partial charge in [-0.3, -0.25) is 0 Å². The SMILES string of the molecule is C=C(C)C(=O)OCCCS(=O)(=O)[O-].[K+]. The summed E-state index contributed by atoms with van der Waals surface area (Å²) in [5.74, 6) is -1.10. The molecule has 0 aliphatic rings. The summed E-state index contributed by atoms with van der Waals surface area (Å²) in [5.41, 5.74) is 0.241. The Morgan fingerprint density at radius 2 is 2.00 bits per heavy atom. The number of hydrogen-bond acceptors (Lipinski definition) is 5. The molecule has 0 unspecified atom stereocenters. The van der Waals surface area contributed by atoms with Crippen molar-refractivity contribution in [2.24, 2.45) is 0 Å². The summed E-state index contributed by atoms with van der Waals surface area (Å²) in [6.07, 6.45) is 0.0187. The molecule has 0 aromatic carbocycles. The molecule has 0 saturated carbocycles. The van der Waals surface area contributed by atoms with Crippen LogP contribution in [0, 0.1) is 0 Å². The molecule has 0 aromatic heterocycles. The van der Waals surface area contributed by atoms with E-state index >= 15 is 0 Å². The summed E-state index contributed by atoms with van der Waals surface area (Å²) in [6, 6.07) is 0. The van der Waals surface area contributed by atoms with Crippen molar-refractivity contribution in [2.75, 3.05) is 12.4 Å². The Hall–Kier alpha value is 0.756. The molecule has 0 fully saturated rings. The van der Waals surface area contributed by atoms with Crippen molar-refractivity contribution < 1.29 is 73.9 Å². The van der Waals surface area contributed by atoms with Crippen molar-refractivity contribution >= 4 is 16.1 Å². The van der Waals surface area contributed by atoms with E-state index < -0.39 is 21.8 Å². The van der Waals surface area contributed by atoms with Crippen LogP contribution in [0.15, 0.2) is 12.2 Å². The first kappa shape index (κ1) is 17.2. The minimum atomic E-state index is -4.21. The van der Waals surface area contributed by atoms with Crippen LogP contribution in [-0.2, 0) is 19.6 Å². The average Bonchev–Trinajstić information content (AvgIpc) is 1.95. The fourth-order valence-electron chi connectivity index (χ4n) is 0.524. The Morgan fingerprint density at radius 3 is 2.36 bits per heavy atom. The largest absolute Gasteiger partial charge is 1.00 e. The third-order valence-corrected chi connectivity index (χ3v) is 1.91. The predicted molar refractivity (Wildman–Crippen MR) is 45.0 cm³/mol. The Labute approximate surface area is 126 Å². The molecule has 0 spiro atoms. The van der Waals surface area contributed by atoms with Crippen molar-refractivity contribution in [3.05, 3.63) is 12.2 Å². The fourth-order valence-corrected chi connectivity index (χ4v) is 0.995. The Bertz CT molecular complexity index is 295. The molecule has 76 valence electrons. The van der Waals surface area contributed by atoms with Gasteiger partial charge in [-0.25, -0.2) is 13.2 Å². The molecule has 0 aliphatic heterocycles. The summed E-state index contributed by atoms with van der Waals surface area (Å²) in [4.78, 5) is 10.7. The van der Waals surface area contributed by atoms with Crippen molar-refractivity contribution in [3.8, 4) is 0 Å². The number of rotatable bonds is 5. The zero-order chi connectivity index (χ0) is 10.5. The van der Waals surface area contributed by atoms with Crippen LogP contribution in [0.5, 0.6) is 0 Å². The molecule has 0 atom stereocenters. The molecule has 0 radical (unpaired) electrons. The van der Waals surface area contributed by atoms with Gasteiger partial charge in [0, 0.05) is 11.3 Å². The number of carbonyl (C=O) groups excluding carboxylic acids is 1. The van der Waals surface area contributed by atoms with Gasteiger partial charge in [0.15, 0.2) is 0 Å². The molecule has 0 heterocycles. The Morgan fingerprint density at radius 1 is 1.50 bits per heavy atom. The van der Waals surface area contributed by atoms with Gasteiger partial charge in [-0.1, -0.05) is 6.58 Å². The molecule has 5 nitrogen and oxygen atoms in total. The maximum absolute atomic E-state index is 10.7. The molecule has 0 aliphatic carbocycles. The van der Waals surface area contributed by atoms with E-state index in [1.807, 2.05) is 0 Å². The Balaban J connectivity index is 0. The van der Waals surface area contributed by atoms with Gasteiger partial charge in [-0.2, -0.15) is 0 Å². The molecule has 0 aromatic rings. The van der Waals surface area contributed by atoms with Crippen LogP contribution in [0.25, 0.3) is 0 Å². The predicted octanol–water partition coefficient (Wildman–Crippen LogP) is -2.95. The van der Waals surface area contributed by atoms with E-state index in [9.17, 15) is 17.8 Å². The standard InChI is InChI=1S/C7H12O5S.K/c1-6(2)7(8)12-4-3-5-13(9,10)11;/h1,3-5H2,2H3,(H,9,10,11);/q;+1/p-1. The maximum Gasteiger partial charge on any atom is 1.00 e. The molecule has 0 saturated heterocycles. The van der Waals surface area contributed by atoms with Crippen LogP contribution in [-0.4, -0.2) is 31.3 Å². The number of hydrogen-bond donors (Lipinski definition) is 0. The van der Waals surface area contributed by atoms with Crippen molar-refractivity contribution in [2.45, 2.75) is 13.3 Å². The second-order valence-corrected chi connectivity index (χ2v) is 4.06. The van der Waals surface area contributed by atoms with Crippen LogP contribution in [0.1, 0.15) is 13.3 Å². The van der Waals surface area contributed by atoms with E-state index in [-0.39, 0.29) is 70.0 Å². The first-order valence-electron chi connectivity index (χ1n) is 3.59. The summed E-state index contributed by atoms with van der Waals surface area (Å²) >= 11 is 0. The van der Waals surface area contributed by atoms with Crippen LogP contribution in [0.2, 0.25) is 0 Å². The monoisotopic (exact) mass is 246 g/mol. The topological polar surface area (TPSA) is 83.5 Å². The molecule has 0 amide bonds. The zero-order valence-corrected chi connectivity index (χ0v) is 12.2. The Kier molecular flexibility index (Phi) is 9.77. The second-order valence-electron chi connectivity index (χ2n) is 2.53. The van der Waals surface area contributed by atoms with Gasteiger partial charge in [0.2, 0.25) is 0 Å². The van der Waals surface area contributed by atoms with Crippen molar-refractivity contribution in [3.63, 3.8) is 0 Å². The third-order valence-electron chi connectivity index (χ3n) is 1.12. The summed E-state index contributed by atoms with van der Waals surface area (Å²) < 4.78 is 34.8. The average molecular weight is 246 g/mol. The summed E-state index contributed by atoms with van der Waals surface area (Å²) in [7, 11) is -4.21. The molecule has 0 N–H and O–H groups in total. The van der Waals surface area contributed by atoms with E-state index in [2.05, 4.69) is 11.3 Å². The molecule has 14 heavy (non-hydrogen) atoms. The summed E-state index contributed by atoms with van der Waals surface area (Å²) in [6.45, 7) is 4.73. The smallest absolute Gasteiger partial charge is 0.748 e. The quantitative estimate of drug-likeness (QED) is 0.170. The van der Waals surface area contributed by atoms with E-state index in [0.29, 0.717) is 0 Å². The van der Waals surface area contributed by atoms with Gasteiger partial charge < -0.3 is 9.29 Å². The second kappa shape index (κ2) is 7.97. The van der Waals surface area contributed by atoms with Crippen LogP contribution in [0.3, 0.4) is 0 Å². The van der Waals surface area contributed by atoms with Crippen LogP contribution < -0.4 is 51.4 Å². The van der Waals surface area contributed by atoms with E-state index in [4.69, 9.17) is 0 Å². The molecule has 0 rings (SSSR count).